The number of aromatic nitrogens is 2. The predicted molar refractivity (Wildman–Crippen MR) is 54.2 cm³/mol. The summed E-state index contributed by atoms with van der Waals surface area (Å²) in [5.41, 5.74) is -0.997. The molecule has 0 bridgehead atoms. The molecule has 0 radical (unpaired) electrons. The Morgan fingerprint density at radius 2 is 2.00 bits per heavy atom. The first-order valence-corrected chi connectivity index (χ1v) is 5.00. The third-order valence-electron chi connectivity index (χ3n) is 3.39. The molecular weight excluding hydrogens is 217 g/mol. The molecule has 0 aromatic carbocycles. The van der Waals surface area contributed by atoms with Gasteiger partial charge in [-0.2, -0.15) is 0 Å². The minimum atomic E-state index is -0.630. The van der Waals surface area contributed by atoms with Crippen LogP contribution in [0.15, 0.2) is 9.59 Å². The van der Waals surface area contributed by atoms with Crippen LogP contribution >= 0.6 is 9.39 Å². The van der Waals surface area contributed by atoms with Crippen molar-refractivity contribution < 1.29 is 9.05 Å². The molecule has 7 heteroatoms. The fraction of sp³-hybridized carbons (Fsp3) is 0.375. The average molecular weight is 226 g/mol. The van der Waals surface area contributed by atoms with E-state index in [1.807, 2.05) is 6.92 Å². The van der Waals surface area contributed by atoms with Gasteiger partial charge in [0.1, 0.15) is 12.1 Å². The zero-order valence-corrected chi connectivity index (χ0v) is 9.11. The number of H-pyrrole nitrogens is 2. The largest absolute Gasteiger partial charge is 0.364 e. The van der Waals surface area contributed by atoms with E-state index in [1.54, 1.807) is 0 Å². The van der Waals surface area contributed by atoms with Crippen LogP contribution in [0.4, 0.5) is 0 Å². The topological polar surface area (TPSA) is 82.8 Å². The Labute approximate surface area is 86.2 Å². The van der Waals surface area contributed by atoms with E-state index in [0.29, 0.717) is 12.1 Å². The molecule has 1 aromatic heterocycles. The van der Waals surface area contributed by atoms with Crippen molar-refractivity contribution >= 4 is 15.3 Å². The zero-order chi connectivity index (χ0) is 11.0. The lowest BCUT2D eigenvalue weighted by Crippen LogP contribution is -2.30. The molecule has 3 heterocycles. The van der Waals surface area contributed by atoms with E-state index < -0.39 is 16.8 Å². The summed E-state index contributed by atoms with van der Waals surface area (Å²) in [6.07, 6.45) is 0. The molecule has 2 N–H and O–H groups in total. The summed E-state index contributed by atoms with van der Waals surface area (Å²) in [4.78, 5) is 39.1. The van der Waals surface area contributed by atoms with Gasteiger partial charge < -0.3 is 0 Å². The normalized spacial score (nSPS) is 36.3. The number of fused-ring (bicyclic) bond motifs is 3. The predicted octanol–water partition coefficient (Wildman–Crippen LogP) is -0.947. The van der Waals surface area contributed by atoms with Gasteiger partial charge in [0.2, 0.25) is 0 Å². The van der Waals surface area contributed by atoms with Gasteiger partial charge >= 0.3 is 11.6 Å². The van der Waals surface area contributed by atoms with Crippen molar-refractivity contribution in [3.63, 3.8) is 0 Å². The van der Waals surface area contributed by atoms with Gasteiger partial charge in [-0.1, -0.05) is 0 Å². The summed E-state index contributed by atoms with van der Waals surface area (Å²) < 4.78 is 0.116. The van der Waals surface area contributed by atoms with Crippen LogP contribution in [-0.2, 0) is 5.54 Å². The number of rotatable bonds is 0. The van der Waals surface area contributed by atoms with Gasteiger partial charge in [0.25, 0.3) is 5.56 Å². The lowest BCUT2D eigenvalue weighted by atomic mass is 10.0. The molecule has 0 aliphatic carbocycles. The summed E-state index contributed by atoms with van der Waals surface area (Å²) in [5, 5.41) is 0. The molecule has 0 spiro atoms. The molecule has 2 aliphatic heterocycles. The lowest BCUT2D eigenvalue weighted by molar-refractivity contribution is -0.592. The highest BCUT2D eigenvalue weighted by molar-refractivity contribution is 7.10. The van der Waals surface area contributed by atoms with Gasteiger partial charge in [-0.05, 0) is 0 Å². The second kappa shape index (κ2) is 2.13. The zero-order valence-electron chi connectivity index (χ0n) is 7.96. The first kappa shape index (κ1) is 9.00. The highest BCUT2D eigenvalue weighted by Crippen LogP contribution is 2.59. The molecule has 3 atom stereocenters. The van der Waals surface area contributed by atoms with E-state index in [9.17, 15) is 14.4 Å². The number of nitrogens with zero attached hydrogens (tertiary/aromatic N) is 1. The minimum absolute atomic E-state index is 0.116. The monoisotopic (exact) mass is 226 g/mol. The van der Waals surface area contributed by atoms with Gasteiger partial charge in [-0.3, -0.25) is 14.8 Å². The number of nitrogens with one attached hydrogen (secondary N) is 2. The van der Waals surface area contributed by atoms with Crippen molar-refractivity contribution in [2.24, 2.45) is 0 Å². The van der Waals surface area contributed by atoms with Crippen LogP contribution in [0.5, 0.6) is 0 Å². The molecular formula is C8H9N3O3P+. The van der Waals surface area contributed by atoms with E-state index in [-0.39, 0.29) is 15.9 Å². The summed E-state index contributed by atoms with van der Waals surface area (Å²) in [5.74, 6) is -0.208. The highest BCUT2D eigenvalue weighted by atomic mass is 31.0. The smallest absolute Gasteiger partial charge is 0.299 e. The lowest BCUT2D eigenvalue weighted by Gasteiger charge is -2.05. The van der Waals surface area contributed by atoms with E-state index in [4.69, 9.17) is 0 Å². The van der Waals surface area contributed by atoms with Crippen LogP contribution in [0.2, 0.25) is 0 Å². The Morgan fingerprint density at radius 1 is 1.33 bits per heavy atom. The average Bonchev–Trinajstić information content (AvgIpc) is 2.63. The van der Waals surface area contributed by atoms with Crippen molar-refractivity contribution in [1.82, 2.24) is 9.97 Å². The number of quaternary nitrogens is 1. The Kier molecular flexibility index (Phi) is 1.28. The van der Waals surface area contributed by atoms with Crippen molar-refractivity contribution in [3.8, 4) is 0 Å². The van der Waals surface area contributed by atoms with Crippen molar-refractivity contribution in [3.05, 3.63) is 32.1 Å². The molecule has 6 nitrogen and oxygen atoms in total. The van der Waals surface area contributed by atoms with Gasteiger partial charge in [-0.15, -0.1) is 0 Å². The van der Waals surface area contributed by atoms with Crippen LogP contribution in [0.25, 0.3) is 0 Å². The number of amides is 1. The Hall–Kier alpha value is -1.26. The Bertz CT molecular complexity index is 618. The van der Waals surface area contributed by atoms with E-state index in [1.165, 1.54) is 0 Å². The van der Waals surface area contributed by atoms with Crippen LogP contribution in [0.1, 0.15) is 23.0 Å². The quantitative estimate of drug-likeness (QED) is 0.442. The molecule has 3 unspecified atom stereocenters. The fourth-order valence-electron chi connectivity index (χ4n) is 2.38. The second-order valence-corrected chi connectivity index (χ2v) is 5.15. The van der Waals surface area contributed by atoms with Crippen LogP contribution < -0.4 is 11.2 Å². The maximum Gasteiger partial charge on any atom is 0.364 e. The van der Waals surface area contributed by atoms with Gasteiger partial charge in [0, 0.05) is 6.92 Å². The van der Waals surface area contributed by atoms with E-state index in [0.717, 1.165) is 0 Å². The third-order valence-corrected chi connectivity index (χ3v) is 4.38. The molecule has 1 fully saturated rings. The summed E-state index contributed by atoms with van der Waals surface area (Å²) >= 11 is 0. The number of hydrogen-bond donors (Lipinski definition) is 2. The molecule has 0 saturated carbocycles. The van der Waals surface area contributed by atoms with Crippen LogP contribution in [-0.4, -0.2) is 26.7 Å². The maximum atomic E-state index is 11.9. The van der Waals surface area contributed by atoms with E-state index >= 15 is 0 Å². The highest BCUT2D eigenvalue weighted by Gasteiger charge is 2.77. The number of carbonyl (C=O) groups excluding carboxylic acids is 1. The maximum absolute atomic E-state index is 11.9. The number of carbonyl (C=O) groups is 1. The molecule has 78 valence electrons. The Morgan fingerprint density at radius 3 is 2.67 bits per heavy atom. The molecule has 15 heavy (non-hydrogen) atoms. The van der Waals surface area contributed by atoms with Gasteiger partial charge in [0.15, 0.2) is 11.2 Å². The van der Waals surface area contributed by atoms with Crippen molar-refractivity contribution in [1.29, 1.82) is 0 Å². The van der Waals surface area contributed by atoms with Crippen LogP contribution in [0, 0.1) is 0 Å². The van der Waals surface area contributed by atoms with Crippen molar-refractivity contribution in [2.45, 2.75) is 12.5 Å². The second-order valence-electron chi connectivity index (χ2n) is 4.26. The molecule has 1 amide bonds. The SMILES string of the molecule is CC12C[N+]1(P)C(=O)c1[nH]c(=O)[nH]c(=O)c12. The summed E-state index contributed by atoms with van der Waals surface area (Å²) in [7, 11) is 2.45. The molecule has 2 aliphatic rings. The van der Waals surface area contributed by atoms with Gasteiger partial charge in [-0.25, -0.2) is 13.8 Å². The number of aromatic amines is 2. The minimum Gasteiger partial charge on any atom is -0.299 e. The first-order valence-electron chi connectivity index (χ1n) is 4.49. The van der Waals surface area contributed by atoms with Crippen molar-refractivity contribution in [2.75, 3.05) is 6.54 Å². The summed E-state index contributed by atoms with van der Waals surface area (Å²) in [6, 6.07) is 0. The molecule has 3 rings (SSSR count). The third kappa shape index (κ3) is 0.768. The number of hydrogen-bond acceptors (Lipinski definition) is 3. The molecule has 1 saturated heterocycles. The van der Waals surface area contributed by atoms with E-state index in [2.05, 4.69) is 19.4 Å². The Balaban J connectivity index is 2.46. The summed E-state index contributed by atoms with van der Waals surface area (Å²) in [6.45, 7) is 2.44. The molecule has 1 aromatic rings. The standard InChI is InChI=1S/C8H8N3O3P/c1-8-2-11(8,15)6(13)4-3(8)5(12)10-7(14)9-4/h2,15H2,1H3,(H-,9,10,12,14)/p+1. The first-order chi connectivity index (χ1) is 6.90. The van der Waals surface area contributed by atoms with Gasteiger partial charge in [0.05, 0.1) is 9.39 Å². The van der Waals surface area contributed by atoms with Crippen LogP contribution in [0.3, 0.4) is 0 Å². The fourth-order valence-corrected chi connectivity index (χ4v) is 3.00.